The lowest BCUT2D eigenvalue weighted by Crippen LogP contribution is -2.35. The van der Waals surface area contributed by atoms with E-state index in [1.54, 1.807) is 7.11 Å². The van der Waals surface area contributed by atoms with Crippen molar-refractivity contribution < 1.29 is 45.7 Å². The fourth-order valence-electron chi connectivity index (χ4n) is 2.06. The summed E-state index contributed by atoms with van der Waals surface area (Å²) in [6, 6.07) is 6.42. The SMILES string of the molecule is COCCN(CCCOc1c[c]ccc1C(F)(F)F)C(C)C.O=C(O)C(F)(F)F. The van der Waals surface area contributed by atoms with E-state index in [0.717, 1.165) is 19.2 Å². The molecule has 29 heavy (non-hydrogen) atoms. The number of alkyl halides is 6. The normalized spacial score (nSPS) is 12.0. The molecule has 0 bridgehead atoms. The zero-order chi connectivity index (χ0) is 22.7. The molecule has 167 valence electrons. The van der Waals surface area contributed by atoms with Crippen LogP contribution in [0.4, 0.5) is 26.3 Å². The topological polar surface area (TPSA) is 59.0 Å². The Labute approximate surface area is 165 Å². The van der Waals surface area contributed by atoms with Gasteiger partial charge in [0.15, 0.2) is 0 Å². The summed E-state index contributed by atoms with van der Waals surface area (Å²) < 4.78 is 80.5. The van der Waals surface area contributed by atoms with Crippen molar-refractivity contribution in [3.05, 3.63) is 29.8 Å². The van der Waals surface area contributed by atoms with E-state index in [4.69, 9.17) is 19.4 Å². The average Bonchev–Trinajstić information content (AvgIpc) is 2.60. The second-order valence-corrected chi connectivity index (χ2v) is 6.05. The summed E-state index contributed by atoms with van der Waals surface area (Å²) in [6.45, 7) is 6.55. The van der Waals surface area contributed by atoms with Gasteiger partial charge in [0.1, 0.15) is 5.75 Å². The molecule has 0 aromatic heterocycles. The highest BCUT2D eigenvalue weighted by Crippen LogP contribution is 2.35. The Kier molecular flexibility index (Phi) is 11.7. The third kappa shape index (κ3) is 11.5. The van der Waals surface area contributed by atoms with Gasteiger partial charge in [0, 0.05) is 26.2 Å². The Morgan fingerprint density at radius 3 is 2.21 bits per heavy atom. The van der Waals surface area contributed by atoms with Crippen LogP contribution >= 0.6 is 0 Å². The summed E-state index contributed by atoms with van der Waals surface area (Å²) in [4.78, 5) is 11.1. The molecule has 0 atom stereocenters. The molecule has 11 heteroatoms. The first kappa shape index (κ1) is 27.0. The molecular weight excluding hydrogens is 408 g/mol. The van der Waals surface area contributed by atoms with Gasteiger partial charge in [-0.1, -0.05) is 6.07 Å². The van der Waals surface area contributed by atoms with E-state index in [2.05, 4.69) is 24.8 Å². The van der Waals surface area contributed by atoms with E-state index >= 15 is 0 Å². The summed E-state index contributed by atoms with van der Waals surface area (Å²) in [6.07, 6.45) is -8.85. The van der Waals surface area contributed by atoms with Crippen molar-refractivity contribution in [1.29, 1.82) is 0 Å². The number of hydrogen-bond donors (Lipinski definition) is 1. The number of carbonyl (C=O) groups is 1. The van der Waals surface area contributed by atoms with Crippen molar-refractivity contribution in [2.75, 3.05) is 33.4 Å². The maximum absolute atomic E-state index is 12.8. The molecule has 0 aliphatic heterocycles. The standard InChI is InChI=1S/C16H23F3NO2.C2HF3O2/c1-13(2)20(10-12-21-3)9-6-11-22-15-8-5-4-7-14(15)16(17,18)19;3-2(4,5)1(6)7/h4,7-8,13H,6,9-12H2,1-3H3;(H,6,7). The fourth-order valence-corrected chi connectivity index (χ4v) is 2.06. The van der Waals surface area contributed by atoms with Gasteiger partial charge in [-0.3, -0.25) is 4.90 Å². The van der Waals surface area contributed by atoms with Gasteiger partial charge in [-0.15, -0.1) is 0 Å². The van der Waals surface area contributed by atoms with Crippen LogP contribution in [-0.4, -0.2) is 61.6 Å². The predicted octanol–water partition coefficient (Wildman–Crippen LogP) is 4.26. The van der Waals surface area contributed by atoms with Crippen LogP contribution in [-0.2, 0) is 15.7 Å². The molecule has 0 amide bonds. The van der Waals surface area contributed by atoms with E-state index in [9.17, 15) is 26.3 Å². The fraction of sp³-hybridized carbons (Fsp3) is 0.611. The quantitative estimate of drug-likeness (QED) is 0.467. The molecule has 0 aliphatic rings. The maximum atomic E-state index is 12.8. The Balaban J connectivity index is 0.000000956. The molecule has 1 aromatic carbocycles. The second kappa shape index (κ2) is 12.5. The van der Waals surface area contributed by atoms with Crippen molar-refractivity contribution >= 4 is 5.97 Å². The van der Waals surface area contributed by atoms with Gasteiger partial charge in [0.2, 0.25) is 0 Å². The molecule has 0 spiro atoms. The van der Waals surface area contributed by atoms with E-state index in [-0.39, 0.29) is 12.4 Å². The third-order valence-electron chi connectivity index (χ3n) is 3.53. The van der Waals surface area contributed by atoms with Gasteiger partial charge >= 0.3 is 18.3 Å². The first-order valence-electron chi connectivity index (χ1n) is 8.53. The van der Waals surface area contributed by atoms with Crippen molar-refractivity contribution in [2.45, 2.75) is 38.7 Å². The molecular formula is C18H24F6NO4. The number of carboxylic acid groups (broad SMARTS) is 1. The zero-order valence-electron chi connectivity index (χ0n) is 16.2. The minimum Gasteiger partial charge on any atom is -0.493 e. The molecule has 1 N–H and O–H groups in total. The molecule has 0 heterocycles. The van der Waals surface area contributed by atoms with Gasteiger partial charge in [0.25, 0.3) is 0 Å². The summed E-state index contributed by atoms with van der Waals surface area (Å²) in [5, 5.41) is 7.12. The molecule has 0 aliphatic carbocycles. The Bertz CT molecular complexity index is 605. The lowest BCUT2D eigenvalue weighted by atomic mass is 10.2. The summed E-state index contributed by atoms with van der Waals surface area (Å²) >= 11 is 0. The molecule has 0 fully saturated rings. The van der Waals surface area contributed by atoms with Crippen LogP contribution in [0.1, 0.15) is 25.8 Å². The number of carboxylic acids is 1. The summed E-state index contributed by atoms with van der Waals surface area (Å²) in [5.74, 6) is -2.92. The summed E-state index contributed by atoms with van der Waals surface area (Å²) in [5.41, 5.74) is -0.758. The number of ether oxygens (including phenoxy) is 2. The summed E-state index contributed by atoms with van der Waals surface area (Å²) in [7, 11) is 1.65. The number of aliphatic carboxylic acids is 1. The van der Waals surface area contributed by atoms with Crippen LogP contribution in [0.25, 0.3) is 0 Å². The second-order valence-electron chi connectivity index (χ2n) is 6.05. The molecule has 5 nitrogen and oxygen atoms in total. The number of benzene rings is 1. The van der Waals surface area contributed by atoms with Gasteiger partial charge in [0.05, 0.1) is 18.8 Å². The molecule has 0 saturated heterocycles. The van der Waals surface area contributed by atoms with E-state index in [0.29, 0.717) is 19.1 Å². The van der Waals surface area contributed by atoms with Crippen LogP contribution in [0.5, 0.6) is 5.75 Å². The van der Waals surface area contributed by atoms with Crippen LogP contribution in [0.3, 0.4) is 0 Å². The van der Waals surface area contributed by atoms with Gasteiger partial charge < -0.3 is 14.6 Å². The minimum atomic E-state index is -5.08. The van der Waals surface area contributed by atoms with Crippen molar-refractivity contribution in [3.8, 4) is 5.75 Å². The van der Waals surface area contributed by atoms with E-state index in [1.165, 1.54) is 12.1 Å². The van der Waals surface area contributed by atoms with Gasteiger partial charge in [-0.25, -0.2) is 4.79 Å². The first-order valence-corrected chi connectivity index (χ1v) is 8.53. The Morgan fingerprint density at radius 2 is 1.76 bits per heavy atom. The van der Waals surface area contributed by atoms with Crippen LogP contribution in [0, 0.1) is 6.07 Å². The van der Waals surface area contributed by atoms with Crippen molar-refractivity contribution in [2.24, 2.45) is 0 Å². The number of rotatable bonds is 9. The molecule has 1 aromatic rings. The number of hydrogen-bond acceptors (Lipinski definition) is 4. The highest BCUT2D eigenvalue weighted by atomic mass is 19.4. The van der Waals surface area contributed by atoms with Crippen LogP contribution in [0.2, 0.25) is 0 Å². The average molecular weight is 432 g/mol. The highest BCUT2D eigenvalue weighted by Gasteiger charge is 2.38. The highest BCUT2D eigenvalue weighted by molar-refractivity contribution is 5.73. The largest absolute Gasteiger partial charge is 0.493 e. The monoisotopic (exact) mass is 432 g/mol. The lowest BCUT2D eigenvalue weighted by Gasteiger charge is -2.26. The zero-order valence-corrected chi connectivity index (χ0v) is 16.2. The van der Waals surface area contributed by atoms with Crippen LogP contribution < -0.4 is 4.74 Å². The molecule has 0 saturated carbocycles. The lowest BCUT2D eigenvalue weighted by molar-refractivity contribution is -0.192. The van der Waals surface area contributed by atoms with Gasteiger partial charge in [-0.2, -0.15) is 26.3 Å². The van der Waals surface area contributed by atoms with E-state index in [1.807, 2.05) is 0 Å². The Hall–Kier alpha value is -2.01. The molecule has 0 unspecified atom stereocenters. The van der Waals surface area contributed by atoms with Gasteiger partial charge in [-0.05, 0) is 38.5 Å². The Morgan fingerprint density at radius 1 is 1.17 bits per heavy atom. The minimum absolute atomic E-state index is 0.164. The third-order valence-corrected chi connectivity index (χ3v) is 3.53. The number of halogens is 6. The first-order chi connectivity index (χ1) is 13.3. The van der Waals surface area contributed by atoms with Crippen LogP contribution in [0.15, 0.2) is 18.2 Å². The van der Waals surface area contributed by atoms with Crippen molar-refractivity contribution in [3.63, 3.8) is 0 Å². The molecule has 1 rings (SSSR count). The number of methoxy groups -OCH3 is 1. The van der Waals surface area contributed by atoms with Crippen molar-refractivity contribution in [1.82, 2.24) is 4.90 Å². The predicted molar refractivity (Wildman–Crippen MR) is 92.7 cm³/mol. The molecule has 1 radical (unpaired) electrons. The maximum Gasteiger partial charge on any atom is 0.490 e. The smallest absolute Gasteiger partial charge is 0.490 e. The number of nitrogens with zero attached hydrogens (tertiary/aromatic N) is 1. The van der Waals surface area contributed by atoms with E-state index < -0.39 is 23.9 Å².